The van der Waals surface area contributed by atoms with Crippen molar-refractivity contribution in [3.63, 3.8) is 0 Å². The second-order valence-corrected chi connectivity index (χ2v) is 6.42. The van der Waals surface area contributed by atoms with Gasteiger partial charge in [-0.25, -0.2) is 4.98 Å². The number of nitrogens with one attached hydrogen (secondary N) is 1. The highest BCUT2D eigenvalue weighted by Crippen LogP contribution is 2.32. The van der Waals surface area contributed by atoms with E-state index in [-0.39, 0.29) is 11.8 Å². The standard InChI is InChI=1S/C21H20N2O2/c1-25-20-13-19(14-6-3-2-4-7-14)23-18-11-10-16(12-17(18)20)22-21(24)15-8-5-9-15/h2-4,6-7,10-13,15H,5,8-9H2,1H3,(H,22,24). The lowest BCUT2D eigenvalue weighted by molar-refractivity contribution is -0.122. The molecule has 4 nitrogen and oxygen atoms in total. The molecule has 0 spiro atoms. The van der Waals surface area contributed by atoms with Crippen molar-refractivity contribution in [3.05, 3.63) is 54.6 Å². The number of hydrogen-bond donors (Lipinski definition) is 1. The van der Waals surface area contributed by atoms with E-state index in [9.17, 15) is 4.79 Å². The number of rotatable bonds is 4. The van der Waals surface area contributed by atoms with Crippen LogP contribution in [0, 0.1) is 5.92 Å². The third-order valence-electron chi connectivity index (χ3n) is 4.80. The highest BCUT2D eigenvalue weighted by molar-refractivity contribution is 5.97. The Morgan fingerprint density at radius 2 is 1.92 bits per heavy atom. The molecular weight excluding hydrogens is 312 g/mol. The van der Waals surface area contributed by atoms with Crippen LogP contribution in [0.1, 0.15) is 19.3 Å². The zero-order valence-corrected chi connectivity index (χ0v) is 14.2. The monoisotopic (exact) mass is 332 g/mol. The first-order chi connectivity index (χ1) is 12.2. The van der Waals surface area contributed by atoms with Crippen molar-refractivity contribution in [2.45, 2.75) is 19.3 Å². The van der Waals surface area contributed by atoms with Crippen molar-refractivity contribution in [1.29, 1.82) is 0 Å². The van der Waals surface area contributed by atoms with Gasteiger partial charge < -0.3 is 10.1 Å². The van der Waals surface area contributed by atoms with E-state index in [1.54, 1.807) is 7.11 Å². The van der Waals surface area contributed by atoms with E-state index in [1.807, 2.05) is 54.6 Å². The van der Waals surface area contributed by atoms with E-state index in [4.69, 9.17) is 9.72 Å². The molecule has 1 N–H and O–H groups in total. The molecule has 2 aromatic carbocycles. The second-order valence-electron chi connectivity index (χ2n) is 6.42. The number of amides is 1. The predicted molar refractivity (Wildman–Crippen MR) is 99.7 cm³/mol. The number of anilines is 1. The Hall–Kier alpha value is -2.88. The highest BCUT2D eigenvalue weighted by Gasteiger charge is 2.25. The largest absolute Gasteiger partial charge is 0.496 e. The zero-order valence-electron chi connectivity index (χ0n) is 14.2. The van der Waals surface area contributed by atoms with Gasteiger partial charge in [0.25, 0.3) is 0 Å². The topological polar surface area (TPSA) is 51.2 Å². The lowest BCUT2D eigenvalue weighted by Gasteiger charge is -2.24. The average molecular weight is 332 g/mol. The molecule has 126 valence electrons. The van der Waals surface area contributed by atoms with Crippen molar-refractivity contribution in [1.82, 2.24) is 4.98 Å². The molecule has 1 aromatic heterocycles. The summed E-state index contributed by atoms with van der Waals surface area (Å²) < 4.78 is 5.58. The van der Waals surface area contributed by atoms with Crippen LogP contribution in [0.4, 0.5) is 5.69 Å². The summed E-state index contributed by atoms with van der Waals surface area (Å²) in [6, 6.07) is 17.7. The lowest BCUT2D eigenvalue weighted by Crippen LogP contribution is -2.27. The summed E-state index contributed by atoms with van der Waals surface area (Å²) in [5, 5.41) is 3.91. The number of carbonyl (C=O) groups excluding carboxylic acids is 1. The second kappa shape index (κ2) is 6.55. The molecule has 1 aliphatic carbocycles. The molecule has 1 saturated carbocycles. The Morgan fingerprint density at radius 3 is 2.60 bits per heavy atom. The van der Waals surface area contributed by atoms with E-state index >= 15 is 0 Å². The first-order valence-corrected chi connectivity index (χ1v) is 8.59. The Kier molecular flexibility index (Phi) is 4.10. The van der Waals surface area contributed by atoms with E-state index < -0.39 is 0 Å². The summed E-state index contributed by atoms with van der Waals surface area (Å²) in [6.07, 6.45) is 3.13. The number of aromatic nitrogens is 1. The Bertz CT molecular complexity index is 918. The number of pyridine rings is 1. The number of methoxy groups -OCH3 is 1. The number of ether oxygens (including phenoxy) is 1. The number of carbonyl (C=O) groups is 1. The van der Waals surface area contributed by atoms with Gasteiger partial charge in [-0.15, -0.1) is 0 Å². The minimum Gasteiger partial charge on any atom is -0.496 e. The lowest BCUT2D eigenvalue weighted by atomic mass is 9.85. The fourth-order valence-corrected chi connectivity index (χ4v) is 3.11. The summed E-state index contributed by atoms with van der Waals surface area (Å²) in [7, 11) is 1.66. The van der Waals surface area contributed by atoms with Gasteiger partial charge in [0.05, 0.1) is 18.3 Å². The minimum absolute atomic E-state index is 0.110. The van der Waals surface area contributed by atoms with E-state index in [0.29, 0.717) is 0 Å². The maximum absolute atomic E-state index is 12.2. The van der Waals surface area contributed by atoms with Crippen LogP contribution in [0.15, 0.2) is 54.6 Å². The first kappa shape index (κ1) is 15.6. The molecule has 0 radical (unpaired) electrons. The van der Waals surface area contributed by atoms with Crippen molar-refractivity contribution in [3.8, 4) is 17.0 Å². The van der Waals surface area contributed by atoms with Crippen LogP contribution in [0.25, 0.3) is 22.2 Å². The Labute approximate surface area is 146 Å². The zero-order chi connectivity index (χ0) is 17.2. The predicted octanol–water partition coefficient (Wildman–Crippen LogP) is 4.65. The van der Waals surface area contributed by atoms with Crippen molar-refractivity contribution < 1.29 is 9.53 Å². The fourth-order valence-electron chi connectivity index (χ4n) is 3.11. The van der Waals surface area contributed by atoms with E-state index in [2.05, 4.69) is 5.32 Å². The molecule has 4 heteroatoms. The number of hydrogen-bond acceptors (Lipinski definition) is 3. The van der Waals surface area contributed by atoms with Gasteiger partial charge >= 0.3 is 0 Å². The number of nitrogens with zero attached hydrogens (tertiary/aromatic N) is 1. The van der Waals surface area contributed by atoms with Crippen LogP contribution < -0.4 is 10.1 Å². The van der Waals surface area contributed by atoms with Gasteiger partial charge in [0.15, 0.2) is 0 Å². The molecule has 1 aliphatic rings. The Morgan fingerprint density at radius 1 is 1.12 bits per heavy atom. The maximum Gasteiger partial charge on any atom is 0.227 e. The summed E-state index contributed by atoms with van der Waals surface area (Å²) in [5.41, 5.74) is 3.55. The molecule has 1 fully saturated rings. The molecule has 0 aliphatic heterocycles. The fraction of sp³-hybridized carbons (Fsp3) is 0.238. The van der Waals surface area contributed by atoms with Crippen LogP contribution in [-0.2, 0) is 4.79 Å². The molecule has 25 heavy (non-hydrogen) atoms. The summed E-state index contributed by atoms with van der Waals surface area (Å²) >= 11 is 0. The Balaban J connectivity index is 1.71. The maximum atomic E-state index is 12.2. The molecule has 0 unspecified atom stereocenters. The quantitative estimate of drug-likeness (QED) is 0.756. The van der Waals surface area contributed by atoms with Gasteiger partial charge in [-0.05, 0) is 31.0 Å². The summed E-state index contributed by atoms with van der Waals surface area (Å²) in [5.74, 6) is 1.03. The third-order valence-corrected chi connectivity index (χ3v) is 4.80. The van der Waals surface area contributed by atoms with Gasteiger partial charge in [-0.3, -0.25) is 4.79 Å². The SMILES string of the molecule is COc1cc(-c2ccccc2)nc2ccc(NC(=O)C3CCC3)cc12. The summed E-state index contributed by atoms with van der Waals surface area (Å²) in [6.45, 7) is 0. The molecule has 1 heterocycles. The molecule has 0 atom stereocenters. The molecule has 1 amide bonds. The van der Waals surface area contributed by atoms with Gasteiger partial charge in [-0.2, -0.15) is 0 Å². The van der Waals surface area contributed by atoms with Crippen LogP contribution in [0.3, 0.4) is 0 Å². The highest BCUT2D eigenvalue weighted by atomic mass is 16.5. The first-order valence-electron chi connectivity index (χ1n) is 8.59. The smallest absolute Gasteiger partial charge is 0.227 e. The van der Waals surface area contributed by atoms with Gasteiger partial charge in [0.1, 0.15) is 5.75 Å². The molecule has 0 saturated heterocycles. The average Bonchev–Trinajstić information content (AvgIpc) is 2.60. The molecule has 3 aromatic rings. The van der Waals surface area contributed by atoms with Crippen molar-refractivity contribution in [2.24, 2.45) is 5.92 Å². The summed E-state index contributed by atoms with van der Waals surface area (Å²) in [4.78, 5) is 16.9. The van der Waals surface area contributed by atoms with Gasteiger partial charge in [0, 0.05) is 28.6 Å². The van der Waals surface area contributed by atoms with Crippen molar-refractivity contribution >= 4 is 22.5 Å². The van der Waals surface area contributed by atoms with Crippen LogP contribution in [-0.4, -0.2) is 18.0 Å². The number of benzene rings is 2. The van der Waals surface area contributed by atoms with Crippen LogP contribution in [0.5, 0.6) is 5.75 Å². The van der Waals surface area contributed by atoms with E-state index in [1.165, 1.54) is 0 Å². The minimum atomic E-state index is 0.110. The third kappa shape index (κ3) is 3.07. The van der Waals surface area contributed by atoms with E-state index in [0.717, 1.165) is 52.9 Å². The van der Waals surface area contributed by atoms with Crippen LogP contribution in [0.2, 0.25) is 0 Å². The normalized spacial score (nSPS) is 14.1. The van der Waals surface area contributed by atoms with Gasteiger partial charge in [-0.1, -0.05) is 36.8 Å². The number of fused-ring (bicyclic) bond motifs is 1. The molecule has 4 rings (SSSR count). The van der Waals surface area contributed by atoms with Crippen LogP contribution >= 0.6 is 0 Å². The van der Waals surface area contributed by atoms with Crippen molar-refractivity contribution in [2.75, 3.05) is 12.4 Å². The van der Waals surface area contributed by atoms with Gasteiger partial charge in [0.2, 0.25) is 5.91 Å². The molecule has 0 bridgehead atoms. The molecular formula is C21H20N2O2.